The quantitative estimate of drug-likeness (QED) is 0.535. The first-order valence-electron chi connectivity index (χ1n) is 11.3. The fourth-order valence-corrected chi connectivity index (χ4v) is 3.30. The number of rotatable bonds is 9. The van der Waals surface area contributed by atoms with E-state index in [1.807, 2.05) is 41.5 Å². The molecule has 10 nitrogen and oxygen atoms in total. The highest BCUT2D eigenvalue weighted by molar-refractivity contribution is 4.87. The smallest absolute Gasteiger partial charge is 0.163 e. The summed E-state index contributed by atoms with van der Waals surface area (Å²) in [6.45, 7) is 14.5. The highest BCUT2D eigenvalue weighted by Gasteiger charge is 2.36. The molecule has 0 spiro atoms. The van der Waals surface area contributed by atoms with E-state index in [-0.39, 0.29) is 38.1 Å². The first kappa shape index (κ1) is 26.2. The van der Waals surface area contributed by atoms with Crippen molar-refractivity contribution in [3.63, 3.8) is 0 Å². The van der Waals surface area contributed by atoms with Gasteiger partial charge in [0.2, 0.25) is 0 Å². The van der Waals surface area contributed by atoms with E-state index in [4.69, 9.17) is 48.4 Å². The van der Waals surface area contributed by atoms with Crippen LogP contribution in [-0.4, -0.2) is 101 Å². The Morgan fingerprint density at radius 3 is 1.00 bits per heavy atom. The molecule has 0 bridgehead atoms. The van der Waals surface area contributed by atoms with Crippen LogP contribution in [0, 0.1) is 0 Å². The summed E-state index contributed by atoms with van der Waals surface area (Å²) in [5.41, 5.74) is 5.79. The Morgan fingerprint density at radius 2 is 0.781 bits per heavy atom. The maximum atomic E-state index is 6.69. The minimum Gasteiger partial charge on any atom is -0.371 e. The lowest BCUT2D eigenvalue weighted by molar-refractivity contribution is -0.290. The Hall–Kier alpha value is -0.400. The van der Waals surface area contributed by atoms with E-state index in [1.165, 1.54) is 0 Å². The van der Waals surface area contributed by atoms with E-state index in [9.17, 15) is 0 Å². The molecule has 0 radical (unpaired) electrons. The summed E-state index contributed by atoms with van der Waals surface area (Å²) < 4.78 is 52.1. The molecular weight excluding hydrogens is 422 g/mol. The van der Waals surface area contributed by atoms with Crippen molar-refractivity contribution in [1.82, 2.24) is 0 Å². The lowest BCUT2D eigenvalue weighted by Gasteiger charge is -2.39. The fourth-order valence-electron chi connectivity index (χ4n) is 3.30. The van der Waals surface area contributed by atoms with Gasteiger partial charge in [0.25, 0.3) is 0 Å². The molecule has 0 atom stereocenters. The van der Waals surface area contributed by atoms with Crippen LogP contribution >= 0.6 is 0 Å². The molecule has 188 valence electrons. The molecule has 0 aromatic carbocycles. The van der Waals surface area contributed by atoms with Crippen LogP contribution in [0.2, 0.25) is 0 Å². The predicted octanol–water partition coefficient (Wildman–Crippen LogP) is 1.19. The number of ether oxygens (including phenoxy) is 9. The molecule has 0 amide bonds. The molecule has 3 heterocycles. The summed E-state index contributed by atoms with van der Waals surface area (Å²) >= 11 is 0. The van der Waals surface area contributed by atoms with Gasteiger partial charge in [-0.25, -0.2) is 0 Å². The summed E-state index contributed by atoms with van der Waals surface area (Å²) in [7, 11) is 0. The first-order chi connectivity index (χ1) is 14.9. The van der Waals surface area contributed by atoms with Crippen molar-refractivity contribution in [3.05, 3.63) is 0 Å². The van der Waals surface area contributed by atoms with Crippen LogP contribution in [0.1, 0.15) is 41.5 Å². The van der Waals surface area contributed by atoms with Crippen molar-refractivity contribution < 1.29 is 42.6 Å². The van der Waals surface area contributed by atoms with E-state index in [1.54, 1.807) is 0 Å². The van der Waals surface area contributed by atoms with Gasteiger partial charge < -0.3 is 48.4 Å². The molecule has 3 rings (SSSR count). The van der Waals surface area contributed by atoms with Crippen LogP contribution in [0.25, 0.3) is 0 Å². The van der Waals surface area contributed by atoms with Crippen LogP contribution in [0.4, 0.5) is 0 Å². The SMILES string of the molecule is CC1(C)OCC(OCC(N)(COC2COC(C)(C)OC2)COC2COC(C)(C)OC2)CO1. The van der Waals surface area contributed by atoms with Gasteiger partial charge in [0.05, 0.1) is 65.0 Å². The van der Waals surface area contributed by atoms with Crippen molar-refractivity contribution in [2.45, 2.75) is 82.8 Å². The van der Waals surface area contributed by atoms with Gasteiger partial charge in [-0.3, -0.25) is 0 Å². The van der Waals surface area contributed by atoms with E-state index in [2.05, 4.69) is 0 Å². The van der Waals surface area contributed by atoms with Crippen molar-refractivity contribution >= 4 is 0 Å². The molecule has 0 aliphatic carbocycles. The summed E-state index contributed by atoms with van der Waals surface area (Å²) in [6, 6.07) is 0. The second kappa shape index (κ2) is 10.5. The van der Waals surface area contributed by atoms with Crippen LogP contribution in [0.3, 0.4) is 0 Å². The average Bonchev–Trinajstić information content (AvgIpc) is 2.72. The van der Waals surface area contributed by atoms with Gasteiger partial charge in [-0.15, -0.1) is 0 Å². The van der Waals surface area contributed by atoms with Crippen molar-refractivity contribution in [2.24, 2.45) is 5.73 Å². The molecule has 0 unspecified atom stereocenters. The molecule has 10 heteroatoms. The molecule has 3 saturated heterocycles. The van der Waals surface area contributed by atoms with Gasteiger partial charge in [-0.1, -0.05) is 0 Å². The second-order valence-electron chi connectivity index (χ2n) is 10.2. The predicted molar refractivity (Wildman–Crippen MR) is 114 cm³/mol. The van der Waals surface area contributed by atoms with Crippen LogP contribution in [0.5, 0.6) is 0 Å². The minimum absolute atomic E-state index is 0.213. The molecule has 3 aliphatic rings. The van der Waals surface area contributed by atoms with E-state index < -0.39 is 22.9 Å². The molecule has 32 heavy (non-hydrogen) atoms. The molecule has 2 N–H and O–H groups in total. The first-order valence-corrected chi connectivity index (χ1v) is 11.3. The third-order valence-electron chi connectivity index (χ3n) is 5.52. The Kier molecular flexibility index (Phi) is 8.58. The zero-order chi connectivity index (χ0) is 23.5. The van der Waals surface area contributed by atoms with E-state index >= 15 is 0 Å². The lowest BCUT2D eigenvalue weighted by atomic mass is 10.0. The Labute approximate surface area is 191 Å². The third-order valence-corrected chi connectivity index (χ3v) is 5.52. The van der Waals surface area contributed by atoms with Gasteiger partial charge in [-0.2, -0.15) is 0 Å². The standard InChI is InChI=1S/C22H41NO9/c1-19(2)27-7-16(8-28-19)24-13-22(23,14-25-17-9-29-20(3,4)30-10-17)15-26-18-11-31-21(5,6)32-12-18/h16-18H,7-15,23H2,1-6H3. The van der Waals surface area contributed by atoms with Crippen LogP contribution < -0.4 is 5.73 Å². The number of nitrogens with two attached hydrogens (primary N) is 1. The second-order valence-corrected chi connectivity index (χ2v) is 10.2. The van der Waals surface area contributed by atoms with Gasteiger partial charge in [-0.05, 0) is 41.5 Å². The van der Waals surface area contributed by atoms with Crippen LogP contribution in [0.15, 0.2) is 0 Å². The highest BCUT2D eigenvalue weighted by Crippen LogP contribution is 2.23. The van der Waals surface area contributed by atoms with Crippen LogP contribution in [-0.2, 0) is 42.6 Å². The monoisotopic (exact) mass is 463 g/mol. The van der Waals surface area contributed by atoms with Gasteiger partial charge in [0, 0.05) is 0 Å². The highest BCUT2D eigenvalue weighted by atomic mass is 16.7. The fraction of sp³-hybridized carbons (Fsp3) is 1.00. The average molecular weight is 464 g/mol. The summed E-state index contributed by atoms with van der Waals surface area (Å²) in [6.07, 6.45) is -0.638. The number of hydrogen-bond acceptors (Lipinski definition) is 10. The summed E-state index contributed by atoms with van der Waals surface area (Å²) in [4.78, 5) is 0. The largest absolute Gasteiger partial charge is 0.371 e. The molecule has 0 aromatic heterocycles. The molecule has 3 aliphatic heterocycles. The molecular formula is C22H41NO9. The van der Waals surface area contributed by atoms with Gasteiger partial charge >= 0.3 is 0 Å². The minimum atomic E-state index is -0.896. The normalized spacial score (nSPS) is 27.5. The van der Waals surface area contributed by atoms with Gasteiger partial charge in [0.1, 0.15) is 18.3 Å². The maximum Gasteiger partial charge on any atom is 0.163 e. The lowest BCUT2D eigenvalue weighted by Crippen LogP contribution is -2.57. The van der Waals surface area contributed by atoms with E-state index in [0.29, 0.717) is 39.6 Å². The van der Waals surface area contributed by atoms with E-state index in [0.717, 1.165) is 0 Å². The summed E-state index contributed by atoms with van der Waals surface area (Å²) in [5.74, 6) is -1.81. The van der Waals surface area contributed by atoms with Crippen molar-refractivity contribution in [1.29, 1.82) is 0 Å². The molecule has 0 aromatic rings. The Morgan fingerprint density at radius 1 is 0.562 bits per heavy atom. The molecule has 0 saturated carbocycles. The Balaban J connectivity index is 1.50. The van der Waals surface area contributed by atoms with Crippen molar-refractivity contribution in [2.75, 3.05) is 59.5 Å². The summed E-state index contributed by atoms with van der Waals surface area (Å²) in [5, 5.41) is 0. The Bertz CT molecular complexity index is 489. The maximum absolute atomic E-state index is 6.69. The number of hydrogen-bond donors (Lipinski definition) is 1. The topological polar surface area (TPSA) is 109 Å². The molecule has 3 fully saturated rings. The van der Waals surface area contributed by atoms with Gasteiger partial charge in [0.15, 0.2) is 17.4 Å². The zero-order valence-electron chi connectivity index (χ0n) is 20.3. The van der Waals surface area contributed by atoms with Crippen molar-refractivity contribution in [3.8, 4) is 0 Å². The third kappa shape index (κ3) is 8.43. The zero-order valence-corrected chi connectivity index (χ0v) is 20.3.